The maximum atomic E-state index is 12.0. The largest absolute Gasteiger partial charge is 0.379 e. The normalized spacial score (nSPS) is 15.2. The smallest absolute Gasteiger partial charge is 0.216 e. The molecule has 17 heavy (non-hydrogen) atoms. The number of rotatable bonds is 7. The van der Waals surface area contributed by atoms with Gasteiger partial charge >= 0.3 is 0 Å². The molecular formula is C11H26N2O3S. The molecule has 0 spiro atoms. The van der Waals surface area contributed by atoms with Gasteiger partial charge in [0.1, 0.15) is 0 Å². The molecule has 0 bridgehead atoms. The maximum absolute atomic E-state index is 12.0. The Morgan fingerprint density at radius 3 is 2.24 bits per heavy atom. The van der Waals surface area contributed by atoms with Crippen molar-refractivity contribution in [2.45, 2.75) is 33.7 Å². The highest BCUT2D eigenvalue weighted by molar-refractivity contribution is 7.89. The minimum atomic E-state index is -3.26. The number of hydrogen-bond donors (Lipinski definition) is 1. The van der Waals surface area contributed by atoms with Crippen molar-refractivity contribution in [2.75, 3.05) is 32.6 Å². The number of nitrogens with zero attached hydrogens (tertiary/aromatic N) is 1. The van der Waals surface area contributed by atoms with Crippen LogP contribution < -0.4 is 5.73 Å². The molecule has 0 saturated heterocycles. The zero-order valence-corrected chi connectivity index (χ0v) is 12.4. The first-order chi connectivity index (χ1) is 7.63. The maximum Gasteiger partial charge on any atom is 0.216 e. The minimum absolute atomic E-state index is 0.00389. The molecule has 0 aliphatic carbocycles. The highest BCUT2D eigenvalue weighted by Crippen LogP contribution is 2.24. The minimum Gasteiger partial charge on any atom is -0.379 e. The third kappa shape index (κ3) is 5.81. The van der Waals surface area contributed by atoms with Crippen molar-refractivity contribution in [3.05, 3.63) is 0 Å². The van der Waals surface area contributed by atoms with E-state index in [-0.39, 0.29) is 23.8 Å². The Hall–Kier alpha value is -0.170. The molecule has 0 rings (SSSR count). The zero-order chi connectivity index (χ0) is 13.7. The van der Waals surface area contributed by atoms with Crippen molar-refractivity contribution >= 4 is 10.0 Å². The van der Waals surface area contributed by atoms with Crippen molar-refractivity contribution in [1.82, 2.24) is 4.31 Å². The molecule has 0 aromatic carbocycles. The van der Waals surface area contributed by atoms with Gasteiger partial charge in [0, 0.05) is 19.6 Å². The summed E-state index contributed by atoms with van der Waals surface area (Å²) in [5.74, 6) is 0.00389. The molecule has 0 aliphatic heterocycles. The van der Waals surface area contributed by atoms with E-state index >= 15 is 0 Å². The van der Waals surface area contributed by atoms with Crippen molar-refractivity contribution in [1.29, 1.82) is 0 Å². The second kappa shape index (κ2) is 6.68. The first-order valence-electron chi connectivity index (χ1n) is 5.86. The molecule has 0 fully saturated rings. The first-order valence-corrected chi connectivity index (χ1v) is 7.47. The molecule has 0 aliphatic rings. The molecule has 6 heteroatoms. The summed E-state index contributed by atoms with van der Waals surface area (Å²) in [6.07, 6.45) is 0. The Balaban J connectivity index is 4.40. The Labute approximate surface area is 105 Å². The lowest BCUT2D eigenvalue weighted by Gasteiger charge is -2.34. The third-order valence-corrected chi connectivity index (χ3v) is 4.86. The summed E-state index contributed by atoms with van der Waals surface area (Å²) >= 11 is 0. The van der Waals surface area contributed by atoms with E-state index in [9.17, 15) is 8.42 Å². The quantitative estimate of drug-likeness (QED) is 0.687. The van der Waals surface area contributed by atoms with Crippen LogP contribution in [0.2, 0.25) is 0 Å². The predicted octanol–water partition coefficient (Wildman–Crippen LogP) is 0.658. The van der Waals surface area contributed by atoms with Gasteiger partial charge in [-0.1, -0.05) is 20.8 Å². The van der Waals surface area contributed by atoms with Crippen molar-refractivity contribution in [3.8, 4) is 0 Å². The molecule has 2 N–H and O–H groups in total. The van der Waals surface area contributed by atoms with Crippen LogP contribution >= 0.6 is 0 Å². The molecular weight excluding hydrogens is 240 g/mol. The van der Waals surface area contributed by atoms with Gasteiger partial charge in [-0.3, -0.25) is 0 Å². The van der Waals surface area contributed by atoms with E-state index in [1.807, 2.05) is 27.7 Å². The van der Waals surface area contributed by atoms with E-state index in [0.717, 1.165) is 0 Å². The van der Waals surface area contributed by atoms with Gasteiger partial charge in [-0.25, -0.2) is 12.7 Å². The summed E-state index contributed by atoms with van der Waals surface area (Å²) in [5, 5.41) is 0. The molecule has 0 heterocycles. The Morgan fingerprint density at radius 1 is 1.29 bits per heavy atom. The van der Waals surface area contributed by atoms with Crippen molar-refractivity contribution in [3.63, 3.8) is 0 Å². The van der Waals surface area contributed by atoms with E-state index < -0.39 is 10.0 Å². The van der Waals surface area contributed by atoms with Crippen LogP contribution in [0.15, 0.2) is 0 Å². The second-order valence-electron chi connectivity index (χ2n) is 5.28. The van der Waals surface area contributed by atoms with Crippen LogP contribution in [0.25, 0.3) is 0 Å². The second-order valence-corrected chi connectivity index (χ2v) is 7.42. The predicted molar refractivity (Wildman–Crippen MR) is 70.3 cm³/mol. The lowest BCUT2D eigenvalue weighted by molar-refractivity contribution is 0.154. The molecule has 0 amide bonds. The molecule has 0 radical (unpaired) electrons. The molecule has 104 valence electrons. The van der Waals surface area contributed by atoms with Gasteiger partial charge < -0.3 is 10.5 Å². The monoisotopic (exact) mass is 266 g/mol. The first kappa shape index (κ1) is 16.8. The van der Waals surface area contributed by atoms with E-state index in [4.69, 9.17) is 10.5 Å². The topological polar surface area (TPSA) is 72.6 Å². The Bertz CT molecular complexity index is 309. The molecule has 5 nitrogen and oxygen atoms in total. The van der Waals surface area contributed by atoms with Gasteiger partial charge in [-0.05, 0) is 12.3 Å². The highest BCUT2D eigenvalue weighted by Gasteiger charge is 2.30. The summed E-state index contributed by atoms with van der Waals surface area (Å²) in [6.45, 7) is 8.99. The lowest BCUT2D eigenvalue weighted by atomic mass is 9.88. The summed E-state index contributed by atoms with van der Waals surface area (Å²) in [6, 6.07) is -0.0537. The highest BCUT2D eigenvalue weighted by atomic mass is 32.2. The molecule has 0 saturated carbocycles. The number of ether oxygens (including phenoxy) is 1. The molecule has 1 atom stereocenters. The third-order valence-electron chi connectivity index (χ3n) is 2.99. The molecule has 1 unspecified atom stereocenters. The molecule has 0 aromatic heterocycles. The van der Waals surface area contributed by atoms with Crippen LogP contribution in [0.5, 0.6) is 0 Å². The summed E-state index contributed by atoms with van der Waals surface area (Å²) in [7, 11) is -1.64. The van der Waals surface area contributed by atoms with Crippen LogP contribution in [0.4, 0.5) is 0 Å². The van der Waals surface area contributed by atoms with E-state index in [1.54, 1.807) is 7.05 Å². The average molecular weight is 266 g/mol. The fraction of sp³-hybridized carbons (Fsp3) is 1.00. The SMILES string of the molecule is CC(N(C)S(=O)(=O)CCOCCN)C(C)(C)C. The fourth-order valence-electron chi connectivity index (χ4n) is 1.28. The van der Waals surface area contributed by atoms with Crippen LogP contribution in [0.1, 0.15) is 27.7 Å². The molecule has 0 aromatic rings. The Morgan fingerprint density at radius 2 is 1.82 bits per heavy atom. The zero-order valence-electron chi connectivity index (χ0n) is 11.6. The summed E-state index contributed by atoms with van der Waals surface area (Å²) < 4.78 is 30.5. The number of sulfonamides is 1. The Kier molecular flexibility index (Phi) is 6.61. The van der Waals surface area contributed by atoms with Crippen LogP contribution in [0.3, 0.4) is 0 Å². The fourth-order valence-corrected chi connectivity index (χ4v) is 2.69. The van der Waals surface area contributed by atoms with Crippen molar-refractivity contribution in [2.24, 2.45) is 11.1 Å². The van der Waals surface area contributed by atoms with Crippen LogP contribution in [-0.4, -0.2) is 51.3 Å². The van der Waals surface area contributed by atoms with E-state index in [0.29, 0.717) is 13.2 Å². The van der Waals surface area contributed by atoms with Crippen LogP contribution in [0, 0.1) is 5.41 Å². The standard InChI is InChI=1S/C11H26N2O3S/c1-10(11(2,3)4)13(5)17(14,15)9-8-16-7-6-12/h10H,6-9,12H2,1-5H3. The van der Waals surface area contributed by atoms with Gasteiger partial charge in [0.05, 0.1) is 19.0 Å². The van der Waals surface area contributed by atoms with Gasteiger partial charge in [0.15, 0.2) is 0 Å². The average Bonchev–Trinajstić information content (AvgIpc) is 2.21. The van der Waals surface area contributed by atoms with E-state index in [1.165, 1.54) is 4.31 Å². The van der Waals surface area contributed by atoms with Crippen LogP contribution in [-0.2, 0) is 14.8 Å². The van der Waals surface area contributed by atoms with Gasteiger partial charge in [-0.15, -0.1) is 0 Å². The van der Waals surface area contributed by atoms with Gasteiger partial charge in [0.2, 0.25) is 10.0 Å². The lowest BCUT2D eigenvalue weighted by Crippen LogP contribution is -2.44. The summed E-state index contributed by atoms with van der Waals surface area (Å²) in [4.78, 5) is 0. The number of hydrogen-bond acceptors (Lipinski definition) is 4. The van der Waals surface area contributed by atoms with Gasteiger partial charge in [-0.2, -0.15) is 0 Å². The summed E-state index contributed by atoms with van der Waals surface area (Å²) in [5.41, 5.74) is 5.18. The van der Waals surface area contributed by atoms with Gasteiger partial charge in [0.25, 0.3) is 0 Å². The number of nitrogens with two attached hydrogens (primary N) is 1. The van der Waals surface area contributed by atoms with Crippen molar-refractivity contribution < 1.29 is 13.2 Å². The van der Waals surface area contributed by atoms with E-state index in [2.05, 4.69) is 0 Å².